The topological polar surface area (TPSA) is 69.9 Å². The van der Waals surface area contributed by atoms with Crippen LogP contribution < -0.4 is 11.5 Å². The number of hydrogen-bond acceptors (Lipinski definition) is 3. The Hall–Kier alpha value is -1.97. The number of anilines is 2. The molecule has 0 radical (unpaired) electrons. The van der Waals surface area contributed by atoms with Crippen LogP contribution in [0.1, 0.15) is 0 Å². The van der Waals surface area contributed by atoms with E-state index in [-0.39, 0.29) is 0 Å². The first-order chi connectivity index (χ1) is 6.25. The summed E-state index contributed by atoms with van der Waals surface area (Å²) in [6.07, 6.45) is 1.81. The van der Waals surface area contributed by atoms with E-state index < -0.39 is 0 Å². The van der Waals surface area contributed by atoms with Crippen LogP contribution in [0, 0.1) is 0 Å². The van der Waals surface area contributed by atoms with Crippen molar-refractivity contribution in [1.29, 1.82) is 0 Å². The van der Waals surface area contributed by atoms with E-state index in [1.54, 1.807) is 16.9 Å². The van der Waals surface area contributed by atoms with Crippen LogP contribution in [0.15, 0.2) is 36.5 Å². The highest BCUT2D eigenvalue weighted by molar-refractivity contribution is 5.45. The molecule has 0 atom stereocenters. The second kappa shape index (κ2) is 2.82. The Morgan fingerprint density at radius 3 is 2.23 bits per heavy atom. The highest BCUT2D eigenvalue weighted by atomic mass is 15.3. The summed E-state index contributed by atoms with van der Waals surface area (Å²) in [4.78, 5) is 0. The first kappa shape index (κ1) is 7.67. The van der Waals surface area contributed by atoms with Crippen LogP contribution in [0.3, 0.4) is 0 Å². The highest BCUT2D eigenvalue weighted by Crippen LogP contribution is 2.10. The molecule has 0 bridgehead atoms. The van der Waals surface area contributed by atoms with Crippen LogP contribution in [0.4, 0.5) is 11.5 Å². The summed E-state index contributed by atoms with van der Waals surface area (Å²) in [5.74, 6) is 0.511. The van der Waals surface area contributed by atoms with Crippen molar-refractivity contribution in [3.8, 4) is 5.69 Å². The lowest BCUT2D eigenvalue weighted by Gasteiger charge is -2.00. The number of benzene rings is 1. The SMILES string of the molecule is Nc1ccc(-n2ccc(N)n2)cc1. The number of nitrogens with two attached hydrogens (primary N) is 2. The molecule has 0 amide bonds. The maximum atomic E-state index is 5.56. The molecule has 0 unspecified atom stereocenters. The van der Waals surface area contributed by atoms with Gasteiger partial charge in [0, 0.05) is 18.0 Å². The number of aromatic nitrogens is 2. The van der Waals surface area contributed by atoms with Gasteiger partial charge < -0.3 is 11.5 Å². The van der Waals surface area contributed by atoms with E-state index in [0.717, 1.165) is 11.4 Å². The van der Waals surface area contributed by atoms with Gasteiger partial charge in [0.25, 0.3) is 0 Å². The van der Waals surface area contributed by atoms with Crippen LogP contribution in [-0.2, 0) is 0 Å². The van der Waals surface area contributed by atoms with E-state index in [2.05, 4.69) is 5.10 Å². The van der Waals surface area contributed by atoms with Crippen molar-refractivity contribution in [2.45, 2.75) is 0 Å². The van der Waals surface area contributed by atoms with Crippen molar-refractivity contribution in [3.63, 3.8) is 0 Å². The lowest BCUT2D eigenvalue weighted by molar-refractivity contribution is 0.886. The molecule has 0 aliphatic rings. The normalized spacial score (nSPS) is 10.2. The van der Waals surface area contributed by atoms with Crippen LogP contribution in [0.2, 0.25) is 0 Å². The van der Waals surface area contributed by atoms with Crippen molar-refractivity contribution >= 4 is 11.5 Å². The molecule has 4 heteroatoms. The molecule has 1 heterocycles. The standard InChI is InChI=1S/C9H10N4/c10-7-1-3-8(4-2-7)13-6-5-9(11)12-13/h1-6H,10H2,(H2,11,12). The third kappa shape index (κ3) is 1.46. The Balaban J connectivity index is 2.41. The molecule has 0 saturated heterocycles. The molecule has 13 heavy (non-hydrogen) atoms. The maximum absolute atomic E-state index is 5.56. The Morgan fingerprint density at radius 1 is 1.00 bits per heavy atom. The number of nitrogens with zero attached hydrogens (tertiary/aromatic N) is 2. The average molecular weight is 174 g/mol. The second-order valence-electron chi connectivity index (χ2n) is 2.78. The van der Waals surface area contributed by atoms with Gasteiger partial charge in [-0.25, -0.2) is 4.68 Å². The summed E-state index contributed by atoms with van der Waals surface area (Å²) in [6.45, 7) is 0. The molecule has 0 aliphatic carbocycles. The second-order valence-corrected chi connectivity index (χ2v) is 2.78. The minimum absolute atomic E-state index is 0.511. The summed E-state index contributed by atoms with van der Waals surface area (Å²) in [5, 5.41) is 4.06. The molecule has 2 rings (SSSR count). The van der Waals surface area contributed by atoms with Crippen LogP contribution in [-0.4, -0.2) is 9.78 Å². The zero-order valence-electron chi connectivity index (χ0n) is 7.01. The quantitative estimate of drug-likeness (QED) is 0.634. The molecular weight excluding hydrogens is 164 g/mol. The van der Waals surface area contributed by atoms with Gasteiger partial charge in [0.2, 0.25) is 0 Å². The zero-order chi connectivity index (χ0) is 9.26. The highest BCUT2D eigenvalue weighted by Gasteiger charge is 1.96. The molecule has 0 aliphatic heterocycles. The van der Waals surface area contributed by atoms with E-state index in [1.165, 1.54) is 0 Å². The van der Waals surface area contributed by atoms with E-state index in [1.807, 2.05) is 24.3 Å². The lowest BCUT2D eigenvalue weighted by Crippen LogP contribution is -1.96. The molecular formula is C9H10N4. The van der Waals surface area contributed by atoms with Crippen molar-refractivity contribution in [2.75, 3.05) is 11.5 Å². The van der Waals surface area contributed by atoms with Crippen molar-refractivity contribution in [2.24, 2.45) is 0 Å². The van der Waals surface area contributed by atoms with E-state index in [4.69, 9.17) is 11.5 Å². The molecule has 2 aromatic rings. The molecule has 0 spiro atoms. The number of hydrogen-bond donors (Lipinski definition) is 2. The lowest BCUT2D eigenvalue weighted by atomic mass is 10.3. The molecule has 1 aromatic heterocycles. The first-order valence-electron chi connectivity index (χ1n) is 3.93. The Morgan fingerprint density at radius 2 is 1.69 bits per heavy atom. The third-order valence-electron chi connectivity index (χ3n) is 1.77. The fourth-order valence-electron chi connectivity index (χ4n) is 1.11. The summed E-state index contributed by atoms with van der Waals surface area (Å²) in [6, 6.07) is 9.18. The minimum Gasteiger partial charge on any atom is -0.399 e. The van der Waals surface area contributed by atoms with Gasteiger partial charge in [-0.2, -0.15) is 5.10 Å². The van der Waals surface area contributed by atoms with Gasteiger partial charge in [0.1, 0.15) is 5.82 Å². The molecule has 4 nitrogen and oxygen atoms in total. The van der Waals surface area contributed by atoms with E-state index in [9.17, 15) is 0 Å². The zero-order valence-corrected chi connectivity index (χ0v) is 7.01. The van der Waals surface area contributed by atoms with E-state index in [0.29, 0.717) is 5.82 Å². The van der Waals surface area contributed by atoms with Gasteiger partial charge in [0.15, 0.2) is 0 Å². The molecule has 0 saturated carbocycles. The van der Waals surface area contributed by atoms with Gasteiger partial charge in [-0.1, -0.05) is 0 Å². The fourth-order valence-corrected chi connectivity index (χ4v) is 1.11. The smallest absolute Gasteiger partial charge is 0.145 e. The average Bonchev–Trinajstić information content (AvgIpc) is 2.53. The van der Waals surface area contributed by atoms with Gasteiger partial charge in [-0.3, -0.25) is 0 Å². The summed E-state index contributed by atoms with van der Waals surface area (Å²) in [7, 11) is 0. The predicted octanol–water partition coefficient (Wildman–Crippen LogP) is 1.04. The summed E-state index contributed by atoms with van der Waals surface area (Å²) < 4.78 is 1.70. The Labute approximate surface area is 75.8 Å². The Kier molecular flexibility index (Phi) is 1.66. The van der Waals surface area contributed by atoms with Gasteiger partial charge in [0.05, 0.1) is 5.69 Å². The van der Waals surface area contributed by atoms with Crippen molar-refractivity contribution < 1.29 is 0 Å². The largest absolute Gasteiger partial charge is 0.399 e. The van der Waals surface area contributed by atoms with Gasteiger partial charge in [-0.05, 0) is 24.3 Å². The minimum atomic E-state index is 0.511. The summed E-state index contributed by atoms with van der Waals surface area (Å²) >= 11 is 0. The number of nitrogen functional groups attached to an aromatic ring is 2. The molecule has 0 fully saturated rings. The Bertz CT molecular complexity index is 402. The molecule has 1 aromatic carbocycles. The van der Waals surface area contributed by atoms with Crippen molar-refractivity contribution in [3.05, 3.63) is 36.5 Å². The fraction of sp³-hybridized carbons (Fsp3) is 0. The van der Waals surface area contributed by atoms with Gasteiger partial charge in [-0.15, -0.1) is 0 Å². The van der Waals surface area contributed by atoms with Crippen LogP contribution in [0.5, 0.6) is 0 Å². The third-order valence-corrected chi connectivity index (χ3v) is 1.77. The van der Waals surface area contributed by atoms with Crippen LogP contribution in [0.25, 0.3) is 5.69 Å². The first-order valence-corrected chi connectivity index (χ1v) is 3.93. The van der Waals surface area contributed by atoms with Crippen molar-refractivity contribution in [1.82, 2.24) is 9.78 Å². The predicted molar refractivity (Wildman–Crippen MR) is 52.4 cm³/mol. The van der Waals surface area contributed by atoms with E-state index >= 15 is 0 Å². The summed E-state index contributed by atoms with van der Waals surface area (Å²) in [5.41, 5.74) is 12.7. The molecule has 66 valence electrons. The van der Waals surface area contributed by atoms with Gasteiger partial charge >= 0.3 is 0 Å². The van der Waals surface area contributed by atoms with Crippen LogP contribution >= 0.6 is 0 Å². The molecule has 4 N–H and O–H groups in total. The number of rotatable bonds is 1. The maximum Gasteiger partial charge on any atom is 0.145 e. The monoisotopic (exact) mass is 174 g/mol.